The molecule has 0 aliphatic rings. The van der Waals surface area contributed by atoms with Crippen LogP contribution in [0.2, 0.25) is 0 Å². The maximum absolute atomic E-state index is 9.62. The zero-order chi connectivity index (χ0) is 34.8. The molecular formula is C50H28N2. The van der Waals surface area contributed by atoms with Crippen LogP contribution in [-0.2, 0) is 0 Å². The van der Waals surface area contributed by atoms with E-state index in [1.165, 1.54) is 76.1 Å². The zero-order valence-corrected chi connectivity index (χ0v) is 28.1. The van der Waals surface area contributed by atoms with E-state index in [0.717, 1.165) is 22.3 Å². The lowest BCUT2D eigenvalue weighted by molar-refractivity contribution is 1.48. The Morgan fingerprint density at radius 3 is 1.06 bits per heavy atom. The Balaban J connectivity index is 1.40. The quantitative estimate of drug-likeness (QED) is 0.177. The van der Waals surface area contributed by atoms with Gasteiger partial charge >= 0.3 is 0 Å². The highest BCUT2D eigenvalue weighted by Crippen LogP contribution is 2.49. The molecule has 0 spiro atoms. The van der Waals surface area contributed by atoms with E-state index in [1.807, 2.05) is 24.3 Å². The van der Waals surface area contributed by atoms with Gasteiger partial charge in [0.15, 0.2) is 0 Å². The third-order valence-electron chi connectivity index (χ3n) is 10.7. The molecule has 0 saturated carbocycles. The maximum atomic E-state index is 9.62. The van der Waals surface area contributed by atoms with Crippen molar-refractivity contribution in [2.45, 2.75) is 0 Å². The van der Waals surface area contributed by atoms with Crippen LogP contribution in [0.1, 0.15) is 11.1 Å². The summed E-state index contributed by atoms with van der Waals surface area (Å²) in [5, 5.41) is 31.2. The highest BCUT2D eigenvalue weighted by molar-refractivity contribution is 6.32. The van der Waals surface area contributed by atoms with Crippen LogP contribution in [0.4, 0.5) is 0 Å². The number of nitriles is 2. The number of hydrogen-bond donors (Lipinski definition) is 0. The summed E-state index contributed by atoms with van der Waals surface area (Å²) in [6.45, 7) is 0. The first-order valence-corrected chi connectivity index (χ1v) is 17.5. The summed E-state index contributed by atoms with van der Waals surface area (Å²) in [4.78, 5) is 0. The van der Waals surface area contributed by atoms with Crippen LogP contribution in [0.25, 0.3) is 98.4 Å². The molecule has 0 aliphatic carbocycles. The molecule has 0 amide bonds. The van der Waals surface area contributed by atoms with E-state index in [0.29, 0.717) is 11.1 Å². The summed E-state index contributed by atoms with van der Waals surface area (Å²) in [6, 6.07) is 64.7. The molecule has 0 aromatic heterocycles. The summed E-state index contributed by atoms with van der Waals surface area (Å²) in [5.74, 6) is 0. The van der Waals surface area contributed by atoms with E-state index in [4.69, 9.17) is 0 Å². The smallest absolute Gasteiger partial charge is 0.0991 e. The van der Waals surface area contributed by atoms with Crippen molar-refractivity contribution >= 4 is 53.9 Å². The summed E-state index contributed by atoms with van der Waals surface area (Å²) in [7, 11) is 0. The first-order valence-electron chi connectivity index (χ1n) is 17.5. The second-order valence-electron chi connectivity index (χ2n) is 13.4. The Labute approximate surface area is 301 Å². The van der Waals surface area contributed by atoms with Crippen LogP contribution in [0.15, 0.2) is 170 Å². The average molecular weight is 657 g/mol. The lowest BCUT2D eigenvalue weighted by Gasteiger charge is -2.22. The minimum absolute atomic E-state index is 0.641. The molecule has 0 radical (unpaired) electrons. The van der Waals surface area contributed by atoms with Crippen LogP contribution in [-0.4, -0.2) is 0 Å². The molecule has 0 aliphatic heterocycles. The zero-order valence-electron chi connectivity index (χ0n) is 28.1. The third kappa shape index (κ3) is 4.49. The van der Waals surface area contributed by atoms with Crippen LogP contribution >= 0.6 is 0 Å². The molecule has 0 atom stereocenters. The molecule has 0 N–H and O–H groups in total. The van der Waals surface area contributed by atoms with Gasteiger partial charge in [0.05, 0.1) is 23.3 Å². The largest absolute Gasteiger partial charge is 0.192 e. The molecule has 10 aromatic rings. The van der Waals surface area contributed by atoms with E-state index < -0.39 is 0 Å². The molecule has 238 valence electrons. The summed E-state index contributed by atoms with van der Waals surface area (Å²) in [5.41, 5.74) is 10.4. The standard InChI is InChI=1S/C50H28N2/c51-29-31-15-19-35(20-16-31)45-27-47(39-13-5-9-33-7-1-3-11-37(33)39)43-25-23-42-46(36-21-17-32(30-52)18-22-36)28-48(44-26-24-41(45)49(43)50(42)44)40-14-6-10-34-8-2-4-12-38(34)40/h1-28H. The Morgan fingerprint density at radius 1 is 0.288 bits per heavy atom. The molecule has 0 fully saturated rings. The van der Waals surface area contributed by atoms with Gasteiger partial charge in [-0.05, 0) is 135 Å². The van der Waals surface area contributed by atoms with E-state index in [2.05, 4.69) is 158 Å². The van der Waals surface area contributed by atoms with Crippen molar-refractivity contribution in [3.63, 3.8) is 0 Å². The Hall–Kier alpha value is -7.26. The molecule has 10 rings (SSSR count). The summed E-state index contributed by atoms with van der Waals surface area (Å²) >= 11 is 0. The number of hydrogen-bond acceptors (Lipinski definition) is 2. The molecule has 0 saturated heterocycles. The second-order valence-corrected chi connectivity index (χ2v) is 13.4. The van der Waals surface area contributed by atoms with Crippen LogP contribution < -0.4 is 0 Å². The molecule has 0 unspecified atom stereocenters. The highest BCUT2D eigenvalue weighted by atomic mass is 14.3. The minimum atomic E-state index is 0.641. The molecule has 0 heterocycles. The van der Waals surface area contributed by atoms with Gasteiger partial charge in [-0.1, -0.05) is 133 Å². The maximum Gasteiger partial charge on any atom is 0.0991 e. The van der Waals surface area contributed by atoms with Gasteiger partial charge in [-0.25, -0.2) is 0 Å². The van der Waals surface area contributed by atoms with E-state index in [9.17, 15) is 10.5 Å². The van der Waals surface area contributed by atoms with Gasteiger partial charge in [0.2, 0.25) is 0 Å². The Kier molecular flexibility index (Phi) is 6.65. The minimum Gasteiger partial charge on any atom is -0.192 e. The van der Waals surface area contributed by atoms with Crippen molar-refractivity contribution < 1.29 is 0 Å². The average Bonchev–Trinajstić information content (AvgIpc) is 3.22. The van der Waals surface area contributed by atoms with Gasteiger partial charge in [0.25, 0.3) is 0 Å². The molecule has 52 heavy (non-hydrogen) atoms. The molecule has 2 heteroatoms. The Morgan fingerprint density at radius 2 is 0.654 bits per heavy atom. The molecule has 2 nitrogen and oxygen atoms in total. The fourth-order valence-corrected chi connectivity index (χ4v) is 8.29. The number of nitrogens with zero attached hydrogens (tertiary/aromatic N) is 2. The fourth-order valence-electron chi connectivity index (χ4n) is 8.29. The Bertz CT molecular complexity index is 2890. The van der Waals surface area contributed by atoms with Gasteiger partial charge in [-0.3, -0.25) is 0 Å². The van der Waals surface area contributed by atoms with Crippen molar-refractivity contribution in [3.8, 4) is 56.6 Å². The van der Waals surface area contributed by atoms with E-state index in [1.54, 1.807) is 0 Å². The first kappa shape index (κ1) is 29.6. The van der Waals surface area contributed by atoms with Gasteiger partial charge in [-0.15, -0.1) is 0 Å². The lowest BCUT2D eigenvalue weighted by atomic mass is 9.81. The first-order chi connectivity index (χ1) is 25.7. The normalized spacial score (nSPS) is 11.4. The predicted octanol–water partition coefficient (Wildman–Crippen LogP) is 13.3. The summed E-state index contributed by atoms with van der Waals surface area (Å²) in [6.07, 6.45) is 0. The monoisotopic (exact) mass is 656 g/mol. The van der Waals surface area contributed by atoms with Crippen LogP contribution in [0.5, 0.6) is 0 Å². The number of fused-ring (bicyclic) bond motifs is 2. The van der Waals surface area contributed by atoms with Gasteiger partial charge in [0.1, 0.15) is 0 Å². The van der Waals surface area contributed by atoms with Gasteiger partial charge in [-0.2, -0.15) is 10.5 Å². The topological polar surface area (TPSA) is 47.6 Å². The van der Waals surface area contributed by atoms with E-state index >= 15 is 0 Å². The predicted molar refractivity (Wildman–Crippen MR) is 216 cm³/mol. The summed E-state index contributed by atoms with van der Waals surface area (Å²) < 4.78 is 0. The SMILES string of the molecule is N#Cc1ccc(-c2cc(-c3cccc4ccccc34)c3ccc4c(-c5ccc(C#N)cc5)cc(-c5cccc6ccccc56)c5ccc2c3c45)cc1. The number of benzene rings is 10. The molecule has 0 bridgehead atoms. The fraction of sp³-hybridized carbons (Fsp3) is 0. The van der Waals surface area contributed by atoms with Crippen molar-refractivity contribution in [1.29, 1.82) is 10.5 Å². The van der Waals surface area contributed by atoms with Crippen molar-refractivity contribution in [1.82, 2.24) is 0 Å². The van der Waals surface area contributed by atoms with E-state index in [-0.39, 0.29) is 0 Å². The van der Waals surface area contributed by atoms with Crippen LogP contribution in [0.3, 0.4) is 0 Å². The van der Waals surface area contributed by atoms with Gasteiger partial charge < -0.3 is 0 Å². The number of rotatable bonds is 4. The van der Waals surface area contributed by atoms with Crippen molar-refractivity contribution in [3.05, 3.63) is 181 Å². The lowest BCUT2D eigenvalue weighted by Crippen LogP contribution is -1.95. The highest BCUT2D eigenvalue weighted by Gasteiger charge is 2.22. The third-order valence-corrected chi connectivity index (χ3v) is 10.7. The molecular weight excluding hydrogens is 629 g/mol. The second kappa shape index (κ2) is 11.7. The van der Waals surface area contributed by atoms with Gasteiger partial charge in [0, 0.05) is 0 Å². The molecule has 10 aromatic carbocycles. The van der Waals surface area contributed by atoms with Crippen molar-refractivity contribution in [2.75, 3.05) is 0 Å². The van der Waals surface area contributed by atoms with Crippen LogP contribution in [0, 0.1) is 22.7 Å². The van der Waals surface area contributed by atoms with Crippen molar-refractivity contribution in [2.24, 2.45) is 0 Å².